The second-order valence-corrected chi connectivity index (χ2v) is 5.62. The van der Waals surface area contributed by atoms with Gasteiger partial charge in [0.1, 0.15) is 0 Å². The van der Waals surface area contributed by atoms with Crippen molar-refractivity contribution in [2.75, 3.05) is 11.5 Å². The van der Waals surface area contributed by atoms with Gasteiger partial charge in [-0.05, 0) is 37.6 Å². The molecule has 1 saturated heterocycles. The van der Waals surface area contributed by atoms with Crippen LogP contribution in [0, 0.1) is 0 Å². The SMILES string of the molecule is CC[C@H](C)NC(=O)COC(=O)c1ccc(N2C(=O)CCC2=O)cc1. The fraction of sp³-hybridized carbons (Fsp3) is 0.412. The molecule has 0 saturated carbocycles. The summed E-state index contributed by atoms with van der Waals surface area (Å²) in [6.07, 6.45) is 1.19. The van der Waals surface area contributed by atoms with Crippen LogP contribution >= 0.6 is 0 Å². The molecule has 1 aromatic rings. The van der Waals surface area contributed by atoms with Gasteiger partial charge in [0.15, 0.2) is 6.61 Å². The number of esters is 1. The molecule has 0 bridgehead atoms. The van der Waals surface area contributed by atoms with Gasteiger partial charge in [-0.1, -0.05) is 6.92 Å². The molecule has 128 valence electrons. The number of hydrogen-bond acceptors (Lipinski definition) is 5. The highest BCUT2D eigenvalue weighted by Crippen LogP contribution is 2.22. The molecular formula is C17H20N2O5. The van der Waals surface area contributed by atoms with Gasteiger partial charge in [0.05, 0.1) is 11.3 Å². The third kappa shape index (κ3) is 4.18. The van der Waals surface area contributed by atoms with E-state index in [1.807, 2.05) is 13.8 Å². The van der Waals surface area contributed by atoms with E-state index in [9.17, 15) is 19.2 Å². The summed E-state index contributed by atoms with van der Waals surface area (Å²) in [6, 6.07) is 5.96. The minimum atomic E-state index is -0.639. The molecule has 0 aromatic heterocycles. The molecule has 3 amide bonds. The maximum Gasteiger partial charge on any atom is 0.338 e. The first-order valence-corrected chi connectivity index (χ1v) is 7.84. The number of hydrogen-bond donors (Lipinski definition) is 1. The average Bonchev–Trinajstić information content (AvgIpc) is 2.91. The molecule has 1 aliphatic rings. The monoisotopic (exact) mass is 332 g/mol. The van der Waals surface area contributed by atoms with Crippen LogP contribution in [0.4, 0.5) is 5.69 Å². The third-order valence-electron chi connectivity index (χ3n) is 3.77. The minimum Gasteiger partial charge on any atom is -0.452 e. The van der Waals surface area contributed by atoms with Crippen LogP contribution < -0.4 is 10.2 Å². The molecule has 0 radical (unpaired) electrons. The molecule has 1 fully saturated rings. The number of carbonyl (C=O) groups excluding carboxylic acids is 4. The lowest BCUT2D eigenvalue weighted by Gasteiger charge is -2.14. The van der Waals surface area contributed by atoms with Gasteiger partial charge in [0.25, 0.3) is 5.91 Å². The number of ether oxygens (including phenoxy) is 1. The number of amides is 3. The minimum absolute atomic E-state index is 0.0195. The standard InChI is InChI=1S/C17H20N2O5/c1-3-11(2)18-14(20)10-24-17(23)12-4-6-13(7-5-12)19-15(21)8-9-16(19)22/h4-7,11H,3,8-10H2,1-2H3,(H,18,20)/t11-/m0/s1. The van der Waals surface area contributed by atoms with E-state index in [2.05, 4.69) is 5.32 Å². The fourth-order valence-corrected chi connectivity index (χ4v) is 2.24. The molecule has 1 heterocycles. The first-order valence-electron chi connectivity index (χ1n) is 7.84. The van der Waals surface area contributed by atoms with Crippen LogP contribution in [0.5, 0.6) is 0 Å². The topological polar surface area (TPSA) is 92.8 Å². The number of nitrogens with one attached hydrogen (secondary N) is 1. The van der Waals surface area contributed by atoms with E-state index in [4.69, 9.17) is 4.74 Å². The lowest BCUT2D eigenvalue weighted by atomic mass is 10.2. The quantitative estimate of drug-likeness (QED) is 0.628. The van der Waals surface area contributed by atoms with Gasteiger partial charge < -0.3 is 10.1 Å². The number of carbonyl (C=O) groups is 4. The van der Waals surface area contributed by atoms with E-state index in [0.717, 1.165) is 11.3 Å². The molecule has 0 unspecified atom stereocenters. The number of nitrogens with zero attached hydrogens (tertiary/aromatic N) is 1. The van der Waals surface area contributed by atoms with E-state index in [0.29, 0.717) is 5.69 Å². The van der Waals surface area contributed by atoms with Gasteiger partial charge in [0.2, 0.25) is 11.8 Å². The Labute approximate surface area is 140 Å². The number of imide groups is 1. The lowest BCUT2D eigenvalue weighted by Crippen LogP contribution is -2.35. The maximum atomic E-state index is 11.9. The first kappa shape index (κ1) is 17.7. The summed E-state index contributed by atoms with van der Waals surface area (Å²) in [4.78, 5) is 47.9. The van der Waals surface area contributed by atoms with Crippen LogP contribution in [0.2, 0.25) is 0 Å². The Hall–Kier alpha value is -2.70. The summed E-state index contributed by atoms with van der Waals surface area (Å²) in [7, 11) is 0. The fourth-order valence-electron chi connectivity index (χ4n) is 2.24. The molecule has 24 heavy (non-hydrogen) atoms. The van der Waals surface area contributed by atoms with Crippen molar-refractivity contribution in [1.82, 2.24) is 5.32 Å². The van der Waals surface area contributed by atoms with E-state index < -0.39 is 5.97 Å². The van der Waals surface area contributed by atoms with Gasteiger partial charge in [0, 0.05) is 18.9 Å². The van der Waals surface area contributed by atoms with Crippen molar-refractivity contribution in [2.45, 2.75) is 39.2 Å². The van der Waals surface area contributed by atoms with Gasteiger partial charge in [-0.2, -0.15) is 0 Å². The number of rotatable bonds is 6. The van der Waals surface area contributed by atoms with Crippen LogP contribution in [0.3, 0.4) is 0 Å². The van der Waals surface area contributed by atoms with Crippen LogP contribution in [0.1, 0.15) is 43.5 Å². The normalized spacial score (nSPS) is 15.3. The lowest BCUT2D eigenvalue weighted by molar-refractivity contribution is -0.125. The summed E-state index contributed by atoms with van der Waals surface area (Å²) in [5.41, 5.74) is 0.669. The molecule has 0 spiro atoms. The van der Waals surface area contributed by atoms with Crippen molar-refractivity contribution in [2.24, 2.45) is 0 Å². The molecule has 7 heteroatoms. The van der Waals surface area contributed by atoms with Crippen molar-refractivity contribution in [3.8, 4) is 0 Å². The highest BCUT2D eigenvalue weighted by Gasteiger charge is 2.30. The van der Waals surface area contributed by atoms with Crippen molar-refractivity contribution in [3.63, 3.8) is 0 Å². The zero-order valence-corrected chi connectivity index (χ0v) is 13.7. The van der Waals surface area contributed by atoms with Gasteiger partial charge >= 0.3 is 5.97 Å². The maximum absolute atomic E-state index is 11.9. The second kappa shape index (κ2) is 7.72. The Bertz CT molecular complexity index is 637. The summed E-state index contributed by atoms with van der Waals surface area (Å²) in [5.74, 6) is -1.50. The molecule has 1 N–H and O–H groups in total. The Balaban J connectivity index is 1.93. The Kier molecular flexibility index (Phi) is 5.68. The second-order valence-electron chi connectivity index (χ2n) is 5.62. The van der Waals surface area contributed by atoms with E-state index in [1.54, 1.807) is 0 Å². The van der Waals surface area contributed by atoms with Crippen LogP contribution in [-0.4, -0.2) is 36.3 Å². The smallest absolute Gasteiger partial charge is 0.338 e. The summed E-state index contributed by atoms with van der Waals surface area (Å²) < 4.78 is 4.94. The van der Waals surface area contributed by atoms with Crippen LogP contribution in [0.25, 0.3) is 0 Å². The summed E-state index contributed by atoms with van der Waals surface area (Å²) >= 11 is 0. The Morgan fingerprint density at radius 2 is 1.75 bits per heavy atom. The van der Waals surface area contributed by atoms with Gasteiger partial charge in [-0.15, -0.1) is 0 Å². The van der Waals surface area contributed by atoms with Crippen LogP contribution in [0.15, 0.2) is 24.3 Å². The predicted molar refractivity (Wildman–Crippen MR) is 86.3 cm³/mol. The first-order chi connectivity index (χ1) is 11.4. The highest BCUT2D eigenvalue weighted by molar-refractivity contribution is 6.19. The molecule has 1 aliphatic heterocycles. The molecule has 1 aromatic carbocycles. The zero-order chi connectivity index (χ0) is 17.7. The number of benzene rings is 1. The molecule has 7 nitrogen and oxygen atoms in total. The highest BCUT2D eigenvalue weighted by atomic mass is 16.5. The zero-order valence-electron chi connectivity index (χ0n) is 13.7. The molecule has 2 rings (SSSR count). The van der Waals surface area contributed by atoms with Gasteiger partial charge in [-0.3, -0.25) is 19.3 Å². The Morgan fingerprint density at radius 1 is 1.17 bits per heavy atom. The molecule has 1 atom stereocenters. The number of anilines is 1. The largest absolute Gasteiger partial charge is 0.452 e. The van der Waals surface area contributed by atoms with Gasteiger partial charge in [-0.25, -0.2) is 4.79 Å². The predicted octanol–water partition coefficient (Wildman–Crippen LogP) is 1.41. The van der Waals surface area contributed by atoms with Crippen molar-refractivity contribution in [1.29, 1.82) is 0 Å². The molecule has 0 aliphatic carbocycles. The van der Waals surface area contributed by atoms with Crippen molar-refractivity contribution < 1.29 is 23.9 Å². The van der Waals surface area contributed by atoms with Crippen LogP contribution in [-0.2, 0) is 19.1 Å². The third-order valence-corrected chi connectivity index (χ3v) is 3.77. The van der Waals surface area contributed by atoms with E-state index >= 15 is 0 Å². The van der Waals surface area contributed by atoms with Crippen molar-refractivity contribution >= 4 is 29.4 Å². The molecular weight excluding hydrogens is 312 g/mol. The van der Waals surface area contributed by atoms with E-state index in [-0.39, 0.29) is 48.8 Å². The summed E-state index contributed by atoms with van der Waals surface area (Å²) in [5, 5.41) is 2.69. The van der Waals surface area contributed by atoms with E-state index in [1.165, 1.54) is 24.3 Å². The average molecular weight is 332 g/mol. The van der Waals surface area contributed by atoms with Crippen molar-refractivity contribution in [3.05, 3.63) is 29.8 Å². The summed E-state index contributed by atoms with van der Waals surface area (Å²) in [6.45, 7) is 3.45. The Morgan fingerprint density at radius 3 is 2.29 bits per heavy atom.